The average Bonchev–Trinajstić information content (AvgIpc) is 3.14. The van der Waals surface area contributed by atoms with Gasteiger partial charge in [0.1, 0.15) is 11.9 Å². The molecular formula is C24H30ClFN2O3. The Bertz CT molecular complexity index is 900. The van der Waals surface area contributed by atoms with Gasteiger partial charge >= 0.3 is 0 Å². The van der Waals surface area contributed by atoms with Crippen molar-refractivity contribution in [1.29, 1.82) is 0 Å². The Balaban J connectivity index is 1.64. The Morgan fingerprint density at radius 2 is 2.03 bits per heavy atom. The fraction of sp³-hybridized carbons (Fsp3) is 0.458. The normalized spacial score (nSPS) is 17.5. The molecule has 1 N–H and O–H groups in total. The zero-order valence-corrected chi connectivity index (χ0v) is 19.0. The summed E-state index contributed by atoms with van der Waals surface area (Å²) in [5, 5.41) is 15.3. The number of aliphatic hydroxyl groups excluding tert-OH is 1. The Labute approximate surface area is 188 Å². The fourth-order valence-electron chi connectivity index (χ4n) is 3.46. The minimum atomic E-state index is -0.660. The highest BCUT2D eigenvalue weighted by Crippen LogP contribution is 2.21. The summed E-state index contributed by atoms with van der Waals surface area (Å²) in [6.45, 7) is 7.62. The third kappa shape index (κ3) is 7.58. The van der Waals surface area contributed by atoms with Gasteiger partial charge in [0.05, 0.1) is 24.0 Å². The molecule has 2 atom stereocenters. The van der Waals surface area contributed by atoms with E-state index in [1.807, 2.05) is 45.0 Å². The van der Waals surface area contributed by atoms with Crippen LogP contribution in [0.15, 0.2) is 53.7 Å². The van der Waals surface area contributed by atoms with Crippen molar-refractivity contribution in [2.45, 2.75) is 51.5 Å². The van der Waals surface area contributed by atoms with Gasteiger partial charge in [-0.2, -0.15) is 0 Å². The van der Waals surface area contributed by atoms with E-state index < -0.39 is 6.10 Å². The summed E-state index contributed by atoms with van der Waals surface area (Å²) in [5.74, 6) is -0.309. The lowest BCUT2D eigenvalue weighted by Gasteiger charge is -2.28. The van der Waals surface area contributed by atoms with Gasteiger partial charge in [0.25, 0.3) is 0 Å². The van der Waals surface area contributed by atoms with Crippen molar-refractivity contribution in [3.8, 4) is 0 Å². The van der Waals surface area contributed by atoms with Gasteiger partial charge in [0.15, 0.2) is 0 Å². The van der Waals surface area contributed by atoms with Gasteiger partial charge in [-0.25, -0.2) is 4.39 Å². The summed E-state index contributed by atoms with van der Waals surface area (Å²) in [7, 11) is 0. The molecule has 1 aliphatic rings. The van der Waals surface area contributed by atoms with E-state index in [0.717, 1.165) is 5.56 Å². The minimum absolute atomic E-state index is 0.232. The van der Waals surface area contributed by atoms with Crippen LogP contribution in [0.25, 0.3) is 0 Å². The monoisotopic (exact) mass is 448 g/mol. The molecule has 2 aromatic rings. The van der Waals surface area contributed by atoms with E-state index in [-0.39, 0.29) is 24.1 Å². The van der Waals surface area contributed by atoms with E-state index >= 15 is 0 Å². The number of hydrogen-bond donors (Lipinski definition) is 1. The molecule has 5 nitrogen and oxygen atoms in total. The number of aliphatic hydroxyl groups is 1. The first-order valence-corrected chi connectivity index (χ1v) is 10.8. The molecule has 0 saturated heterocycles. The Morgan fingerprint density at radius 1 is 1.26 bits per heavy atom. The van der Waals surface area contributed by atoms with Crippen molar-refractivity contribution >= 4 is 17.3 Å². The Hall–Kier alpha value is -1.99. The lowest BCUT2D eigenvalue weighted by molar-refractivity contribution is -0.0600. The molecule has 0 aliphatic carbocycles. The summed E-state index contributed by atoms with van der Waals surface area (Å²) >= 11 is 6.14. The highest BCUT2D eigenvalue weighted by atomic mass is 35.5. The molecule has 0 bridgehead atoms. The van der Waals surface area contributed by atoms with E-state index in [9.17, 15) is 9.50 Å². The predicted octanol–water partition coefficient (Wildman–Crippen LogP) is 4.65. The molecule has 0 fully saturated rings. The summed E-state index contributed by atoms with van der Waals surface area (Å²) in [4.78, 5) is 7.69. The first-order chi connectivity index (χ1) is 14.7. The van der Waals surface area contributed by atoms with Gasteiger partial charge in [-0.1, -0.05) is 47.1 Å². The van der Waals surface area contributed by atoms with Crippen molar-refractivity contribution in [3.05, 3.63) is 70.5 Å². The van der Waals surface area contributed by atoms with Crippen molar-refractivity contribution < 1.29 is 19.1 Å². The molecule has 0 radical (unpaired) electrons. The smallest absolute Gasteiger partial charge is 0.145 e. The predicted molar refractivity (Wildman–Crippen MR) is 121 cm³/mol. The van der Waals surface area contributed by atoms with Crippen LogP contribution in [0.1, 0.15) is 38.3 Å². The number of rotatable bonds is 9. The van der Waals surface area contributed by atoms with Crippen LogP contribution in [0, 0.1) is 5.82 Å². The molecule has 3 rings (SSSR count). The standard InChI is InChI=1S/C24H30ClFN2O3/c1-24(2,3)30-16-19(29)14-28(13-17-7-6-8-18(25)11-17)15-20-12-23(27-31-20)21-9-4-5-10-22(21)26/h4-11,19-20,29H,12-16H2,1-3H3/t19-,20-/m0/s1. The maximum Gasteiger partial charge on any atom is 0.145 e. The van der Waals surface area contributed by atoms with Crippen LogP contribution in [0.3, 0.4) is 0 Å². The summed E-state index contributed by atoms with van der Waals surface area (Å²) < 4.78 is 19.8. The SMILES string of the molecule is CC(C)(C)OC[C@@H](O)CN(Cc1cccc(Cl)c1)C[C@@H]1CC(c2ccccc2F)=NO1. The zero-order chi connectivity index (χ0) is 22.4. The molecule has 1 heterocycles. The van der Waals surface area contributed by atoms with Gasteiger partial charge in [0.2, 0.25) is 0 Å². The summed E-state index contributed by atoms with van der Waals surface area (Å²) in [5.41, 5.74) is 1.77. The Kier molecular flexibility index (Phi) is 8.06. The van der Waals surface area contributed by atoms with Crippen LogP contribution >= 0.6 is 11.6 Å². The Morgan fingerprint density at radius 3 is 2.74 bits per heavy atom. The largest absolute Gasteiger partial charge is 0.390 e. The van der Waals surface area contributed by atoms with Crippen molar-refractivity contribution in [2.24, 2.45) is 5.16 Å². The maximum atomic E-state index is 14.1. The molecule has 31 heavy (non-hydrogen) atoms. The number of benzene rings is 2. The van der Waals surface area contributed by atoms with Crippen LogP contribution in [0.5, 0.6) is 0 Å². The third-order valence-corrected chi connectivity index (χ3v) is 5.09. The van der Waals surface area contributed by atoms with Crippen molar-refractivity contribution in [1.82, 2.24) is 4.90 Å². The molecule has 7 heteroatoms. The molecule has 0 aromatic heterocycles. The summed E-state index contributed by atoms with van der Waals surface area (Å²) in [6.07, 6.45) is -0.391. The van der Waals surface area contributed by atoms with E-state index in [1.165, 1.54) is 6.07 Å². The van der Waals surface area contributed by atoms with Crippen LogP contribution in [-0.4, -0.2) is 53.2 Å². The first-order valence-electron chi connectivity index (χ1n) is 10.5. The van der Waals surface area contributed by atoms with Crippen LogP contribution < -0.4 is 0 Å². The van der Waals surface area contributed by atoms with Gasteiger partial charge < -0.3 is 14.7 Å². The van der Waals surface area contributed by atoms with Crippen molar-refractivity contribution in [2.75, 3.05) is 19.7 Å². The second kappa shape index (κ2) is 10.6. The quantitative estimate of drug-likeness (QED) is 0.606. The van der Waals surface area contributed by atoms with Gasteiger partial charge in [0, 0.05) is 36.6 Å². The average molecular weight is 449 g/mol. The molecule has 1 aliphatic heterocycles. The fourth-order valence-corrected chi connectivity index (χ4v) is 3.68. The highest BCUT2D eigenvalue weighted by molar-refractivity contribution is 6.30. The number of ether oxygens (including phenoxy) is 1. The molecule has 2 aromatic carbocycles. The van der Waals surface area contributed by atoms with Crippen LogP contribution in [0.2, 0.25) is 5.02 Å². The minimum Gasteiger partial charge on any atom is -0.390 e. The first kappa shape index (κ1) is 23.7. The van der Waals surface area contributed by atoms with Gasteiger partial charge in [-0.3, -0.25) is 4.90 Å². The van der Waals surface area contributed by atoms with E-state index in [2.05, 4.69) is 10.1 Å². The molecule has 0 saturated carbocycles. The molecule has 0 spiro atoms. The number of nitrogens with zero attached hydrogens (tertiary/aromatic N) is 2. The van der Waals surface area contributed by atoms with Gasteiger partial charge in [-0.15, -0.1) is 0 Å². The molecule has 168 valence electrons. The summed E-state index contributed by atoms with van der Waals surface area (Å²) in [6, 6.07) is 14.2. The van der Waals surface area contributed by atoms with E-state index in [4.69, 9.17) is 21.2 Å². The van der Waals surface area contributed by atoms with Crippen LogP contribution in [0.4, 0.5) is 4.39 Å². The van der Waals surface area contributed by atoms with E-state index in [1.54, 1.807) is 18.2 Å². The second-order valence-corrected chi connectivity index (χ2v) is 9.29. The number of hydrogen-bond acceptors (Lipinski definition) is 5. The maximum absolute atomic E-state index is 14.1. The van der Waals surface area contributed by atoms with Gasteiger partial charge in [-0.05, 0) is 44.5 Å². The van der Waals surface area contributed by atoms with Crippen LogP contribution in [-0.2, 0) is 16.1 Å². The molecular weight excluding hydrogens is 419 g/mol. The molecule has 0 amide bonds. The molecule has 0 unspecified atom stereocenters. The lowest BCUT2D eigenvalue weighted by Crippen LogP contribution is -2.40. The number of halogens is 2. The third-order valence-electron chi connectivity index (χ3n) is 4.85. The van der Waals surface area contributed by atoms with E-state index in [0.29, 0.717) is 42.4 Å². The second-order valence-electron chi connectivity index (χ2n) is 8.85. The zero-order valence-electron chi connectivity index (χ0n) is 18.2. The van der Waals surface area contributed by atoms with Crippen molar-refractivity contribution in [3.63, 3.8) is 0 Å². The topological polar surface area (TPSA) is 54.3 Å². The highest BCUT2D eigenvalue weighted by Gasteiger charge is 2.27. The lowest BCUT2D eigenvalue weighted by atomic mass is 10.0. The number of oxime groups is 1.